The molecule has 0 saturated heterocycles. The minimum Gasteiger partial charge on any atom is -0.322 e. The maximum absolute atomic E-state index is 12.4. The molecule has 3 rings (SSSR count). The zero-order chi connectivity index (χ0) is 16.4. The van der Waals surface area contributed by atoms with E-state index >= 15 is 0 Å². The molecule has 2 aromatic carbocycles. The lowest BCUT2D eigenvalue weighted by atomic mass is 10.1. The van der Waals surface area contributed by atoms with E-state index < -0.39 is 0 Å². The predicted octanol–water partition coefficient (Wildman–Crippen LogP) is 3.18. The van der Waals surface area contributed by atoms with Crippen LogP contribution >= 0.6 is 11.6 Å². The zero-order valence-electron chi connectivity index (χ0n) is 12.6. The van der Waals surface area contributed by atoms with E-state index in [0.29, 0.717) is 16.3 Å². The van der Waals surface area contributed by atoms with Crippen LogP contribution in [0.4, 0.5) is 5.69 Å². The highest BCUT2D eigenvalue weighted by molar-refractivity contribution is 6.31. The van der Waals surface area contributed by atoms with Gasteiger partial charge >= 0.3 is 0 Å². The lowest BCUT2D eigenvalue weighted by molar-refractivity contribution is 0.102. The average molecular weight is 328 g/mol. The summed E-state index contributed by atoms with van der Waals surface area (Å²) < 4.78 is 1.55. The van der Waals surface area contributed by atoms with Crippen molar-refractivity contribution in [3.8, 4) is 5.69 Å². The molecule has 0 aliphatic heterocycles. The van der Waals surface area contributed by atoms with Gasteiger partial charge in [0, 0.05) is 16.3 Å². The van der Waals surface area contributed by atoms with E-state index in [1.165, 1.54) is 6.33 Å². The standard InChI is InChI=1S/C16H14ClN5O/c1-10-8-12(6-7-15(10)22-9-18-20-21-22)16(23)19-14-5-3-4-13(17)11(14)2/h3-9H,1-2H3,(H,19,23). The number of rotatable bonds is 3. The average Bonchev–Trinajstić information content (AvgIpc) is 3.05. The fraction of sp³-hybridized carbons (Fsp3) is 0.125. The van der Waals surface area contributed by atoms with Crippen LogP contribution in [0.25, 0.3) is 5.69 Å². The molecule has 0 radical (unpaired) electrons. The molecule has 0 fully saturated rings. The first-order valence-corrected chi connectivity index (χ1v) is 7.34. The molecule has 0 spiro atoms. The second-order valence-electron chi connectivity index (χ2n) is 5.12. The fourth-order valence-electron chi connectivity index (χ4n) is 2.26. The smallest absolute Gasteiger partial charge is 0.255 e. The van der Waals surface area contributed by atoms with E-state index in [9.17, 15) is 4.79 Å². The van der Waals surface area contributed by atoms with Crippen LogP contribution in [0.5, 0.6) is 0 Å². The van der Waals surface area contributed by atoms with Crippen LogP contribution in [0.2, 0.25) is 5.02 Å². The minimum absolute atomic E-state index is 0.193. The molecule has 0 saturated carbocycles. The lowest BCUT2D eigenvalue weighted by Crippen LogP contribution is -2.13. The molecular weight excluding hydrogens is 314 g/mol. The monoisotopic (exact) mass is 327 g/mol. The molecule has 0 bridgehead atoms. The summed E-state index contributed by atoms with van der Waals surface area (Å²) in [6.45, 7) is 3.77. The largest absolute Gasteiger partial charge is 0.322 e. The topological polar surface area (TPSA) is 72.7 Å². The van der Waals surface area contributed by atoms with Gasteiger partial charge < -0.3 is 5.32 Å². The molecule has 1 amide bonds. The summed E-state index contributed by atoms with van der Waals surface area (Å²) in [4.78, 5) is 12.4. The van der Waals surface area contributed by atoms with E-state index in [1.54, 1.807) is 28.9 Å². The van der Waals surface area contributed by atoms with E-state index in [2.05, 4.69) is 20.8 Å². The first-order chi connectivity index (χ1) is 11.1. The Morgan fingerprint density at radius 1 is 1.22 bits per heavy atom. The number of nitrogens with zero attached hydrogens (tertiary/aromatic N) is 4. The Kier molecular flexibility index (Phi) is 4.08. The summed E-state index contributed by atoms with van der Waals surface area (Å²) in [5.41, 5.74) is 3.81. The number of anilines is 1. The SMILES string of the molecule is Cc1cc(C(=O)Nc2cccc(Cl)c2C)ccc1-n1cnnn1. The van der Waals surface area contributed by atoms with Gasteiger partial charge in [0.05, 0.1) is 5.69 Å². The van der Waals surface area contributed by atoms with E-state index in [4.69, 9.17) is 11.6 Å². The van der Waals surface area contributed by atoms with Crippen molar-refractivity contribution in [2.45, 2.75) is 13.8 Å². The van der Waals surface area contributed by atoms with E-state index in [1.807, 2.05) is 26.0 Å². The molecule has 1 heterocycles. The summed E-state index contributed by atoms with van der Waals surface area (Å²) in [6, 6.07) is 10.8. The van der Waals surface area contributed by atoms with Crippen molar-refractivity contribution in [1.82, 2.24) is 20.2 Å². The Morgan fingerprint density at radius 3 is 2.74 bits per heavy atom. The number of aromatic nitrogens is 4. The first kappa shape index (κ1) is 15.2. The quantitative estimate of drug-likeness (QED) is 0.802. The highest BCUT2D eigenvalue weighted by Gasteiger charge is 2.11. The molecule has 6 nitrogen and oxygen atoms in total. The Bertz CT molecular complexity index is 861. The summed E-state index contributed by atoms with van der Waals surface area (Å²) >= 11 is 6.07. The number of hydrogen-bond acceptors (Lipinski definition) is 4. The van der Waals surface area contributed by atoms with Crippen molar-refractivity contribution >= 4 is 23.2 Å². The normalized spacial score (nSPS) is 10.6. The van der Waals surface area contributed by atoms with Crippen LogP contribution in [0.3, 0.4) is 0 Å². The second kappa shape index (κ2) is 6.18. The molecule has 0 atom stereocenters. The number of halogens is 1. The maximum atomic E-state index is 12.4. The Balaban J connectivity index is 1.86. The molecular formula is C16H14ClN5O. The number of carbonyl (C=O) groups excluding carboxylic acids is 1. The summed E-state index contributed by atoms with van der Waals surface area (Å²) in [6.07, 6.45) is 1.51. The van der Waals surface area contributed by atoms with Gasteiger partial charge in [0.1, 0.15) is 6.33 Å². The lowest BCUT2D eigenvalue weighted by Gasteiger charge is -2.11. The van der Waals surface area contributed by atoms with Gasteiger partial charge in [0.2, 0.25) is 0 Å². The molecule has 1 aromatic heterocycles. The van der Waals surface area contributed by atoms with Crippen molar-refractivity contribution in [3.05, 3.63) is 64.4 Å². The van der Waals surface area contributed by atoms with Gasteiger partial charge in [-0.25, -0.2) is 4.68 Å². The third-order valence-electron chi connectivity index (χ3n) is 3.57. The van der Waals surface area contributed by atoms with Crippen LogP contribution in [-0.4, -0.2) is 26.1 Å². The summed E-state index contributed by atoms with van der Waals surface area (Å²) in [7, 11) is 0. The van der Waals surface area contributed by atoms with Crippen LogP contribution in [0, 0.1) is 13.8 Å². The van der Waals surface area contributed by atoms with Crippen LogP contribution < -0.4 is 5.32 Å². The summed E-state index contributed by atoms with van der Waals surface area (Å²) in [5, 5.41) is 14.6. The first-order valence-electron chi connectivity index (χ1n) is 6.97. The van der Waals surface area contributed by atoms with Gasteiger partial charge in [-0.2, -0.15) is 0 Å². The molecule has 116 valence electrons. The number of carbonyl (C=O) groups is 1. The Labute approximate surface area is 138 Å². The van der Waals surface area contributed by atoms with Gasteiger partial charge in [0.25, 0.3) is 5.91 Å². The van der Waals surface area contributed by atoms with Crippen molar-refractivity contribution < 1.29 is 4.79 Å². The number of nitrogens with one attached hydrogen (secondary N) is 1. The molecule has 0 unspecified atom stereocenters. The van der Waals surface area contributed by atoms with Crippen LogP contribution in [0.15, 0.2) is 42.7 Å². The van der Waals surface area contributed by atoms with E-state index in [-0.39, 0.29) is 5.91 Å². The third-order valence-corrected chi connectivity index (χ3v) is 3.98. The van der Waals surface area contributed by atoms with Crippen molar-refractivity contribution in [2.24, 2.45) is 0 Å². The summed E-state index contributed by atoms with van der Waals surface area (Å²) in [5.74, 6) is -0.193. The maximum Gasteiger partial charge on any atom is 0.255 e. The van der Waals surface area contributed by atoms with Gasteiger partial charge in [-0.3, -0.25) is 4.79 Å². The molecule has 7 heteroatoms. The number of hydrogen-bond donors (Lipinski definition) is 1. The third kappa shape index (κ3) is 3.07. The molecule has 0 aliphatic rings. The zero-order valence-corrected chi connectivity index (χ0v) is 13.4. The Morgan fingerprint density at radius 2 is 2.04 bits per heavy atom. The molecule has 1 N–H and O–H groups in total. The Hall–Kier alpha value is -2.73. The van der Waals surface area contributed by atoms with Gasteiger partial charge in [-0.1, -0.05) is 17.7 Å². The highest BCUT2D eigenvalue weighted by atomic mass is 35.5. The number of amides is 1. The van der Waals surface area contributed by atoms with Gasteiger partial charge in [-0.05, 0) is 65.7 Å². The van der Waals surface area contributed by atoms with Crippen molar-refractivity contribution in [2.75, 3.05) is 5.32 Å². The van der Waals surface area contributed by atoms with Crippen molar-refractivity contribution in [1.29, 1.82) is 0 Å². The number of aryl methyl sites for hydroxylation is 1. The van der Waals surface area contributed by atoms with Gasteiger partial charge in [-0.15, -0.1) is 5.10 Å². The number of tetrazole rings is 1. The van der Waals surface area contributed by atoms with Crippen LogP contribution in [0.1, 0.15) is 21.5 Å². The van der Waals surface area contributed by atoms with Crippen molar-refractivity contribution in [3.63, 3.8) is 0 Å². The molecule has 23 heavy (non-hydrogen) atoms. The second-order valence-corrected chi connectivity index (χ2v) is 5.53. The molecule has 0 aliphatic carbocycles. The highest BCUT2D eigenvalue weighted by Crippen LogP contribution is 2.24. The number of benzene rings is 2. The van der Waals surface area contributed by atoms with Crippen LogP contribution in [-0.2, 0) is 0 Å². The minimum atomic E-state index is -0.193. The fourth-order valence-corrected chi connectivity index (χ4v) is 2.44. The van der Waals surface area contributed by atoms with E-state index in [0.717, 1.165) is 16.8 Å². The van der Waals surface area contributed by atoms with Gasteiger partial charge in [0.15, 0.2) is 0 Å². The predicted molar refractivity (Wildman–Crippen MR) is 88.0 cm³/mol. The molecule has 3 aromatic rings.